The highest BCUT2D eigenvalue weighted by Crippen LogP contribution is 2.29. The fourth-order valence-electron chi connectivity index (χ4n) is 1.60. The topological polar surface area (TPSA) is 21.3 Å². The molecule has 1 rings (SSSR count). The summed E-state index contributed by atoms with van der Waals surface area (Å²) in [7, 11) is 1.82. The van der Waals surface area contributed by atoms with Crippen molar-refractivity contribution in [2.75, 3.05) is 13.7 Å². The summed E-state index contributed by atoms with van der Waals surface area (Å²) >= 11 is 3.33. The quantitative estimate of drug-likeness (QED) is 0.773. The van der Waals surface area contributed by atoms with Crippen molar-refractivity contribution >= 4 is 15.9 Å². The van der Waals surface area contributed by atoms with Gasteiger partial charge in [0.25, 0.3) is 0 Å². The summed E-state index contributed by atoms with van der Waals surface area (Å²) in [5.41, 5.74) is 0.928. The molecule has 0 heterocycles. The van der Waals surface area contributed by atoms with Gasteiger partial charge in [-0.15, -0.1) is 0 Å². The average Bonchev–Trinajstić information content (AvgIpc) is 2.33. The van der Waals surface area contributed by atoms with Gasteiger partial charge >= 0.3 is 6.18 Å². The molecule has 19 heavy (non-hydrogen) atoms. The summed E-state index contributed by atoms with van der Waals surface area (Å²) in [6.07, 6.45) is -4.98. The second-order valence-corrected chi connectivity index (χ2v) is 5.18. The molecule has 1 atom stereocenters. The molecule has 0 aromatic heterocycles. The highest BCUT2D eigenvalue weighted by atomic mass is 79.9. The zero-order chi connectivity index (χ0) is 14.5. The predicted octanol–water partition coefficient (Wildman–Crippen LogP) is 4.45. The van der Waals surface area contributed by atoms with Crippen molar-refractivity contribution in [2.45, 2.75) is 32.0 Å². The Balaban J connectivity index is 2.63. The predicted molar refractivity (Wildman–Crippen MR) is 72.4 cm³/mol. The molecule has 108 valence electrons. The first-order valence-electron chi connectivity index (χ1n) is 6.00. The molecular formula is C13H17BrF3NO. The Morgan fingerprint density at radius 2 is 2.05 bits per heavy atom. The Morgan fingerprint density at radius 3 is 2.63 bits per heavy atom. The van der Waals surface area contributed by atoms with Gasteiger partial charge in [-0.25, -0.2) is 0 Å². The molecule has 0 aliphatic heterocycles. The number of hydrogen-bond acceptors (Lipinski definition) is 2. The van der Waals surface area contributed by atoms with E-state index >= 15 is 0 Å². The van der Waals surface area contributed by atoms with Gasteiger partial charge in [0, 0.05) is 22.5 Å². The van der Waals surface area contributed by atoms with Gasteiger partial charge in [-0.2, -0.15) is 13.2 Å². The number of rotatable bonds is 6. The fraction of sp³-hybridized carbons (Fsp3) is 0.538. The molecule has 1 aromatic carbocycles. The van der Waals surface area contributed by atoms with Crippen LogP contribution in [0, 0.1) is 0 Å². The van der Waals surface area contributed by atoms with Crippen LogP contribution in [0.2, 0.25) is 0 Å². The van der Waals surface area contributed by atoms with Crippen molar-refractivity contribution < 1.29 is 17.9 Å². The molecule has 0 saturated heterocycles. The van der Waals surface area contributed by atoms with E-state index in [0.29, 0.717) is 5.75 Å². The lowest BCUT2D eigenvalue weighted by atomic mass is 10.1. The first-order valence-corrected chi connectivity index (χ1v) is 6.79. The summed E-state index contributed by atoms with van der Waals surface area (Å²) in [5.74, 6) is 0.610. The maximum Gasteiger partial charge on any atom is 0.389 e. The van der Waals surface area contributed by atoms with E-state index in [2.05, 4.69) is 21.2 Å². The van der Waals surface area contributed by atoms with Crippen LogP contribution in [0.4, 0.5) is 13.2 Å². The van der Waals surface area contributed by atoms with Crippen LogP contribution in [0.3, 0.4) is 0 Å². The first-order chi connectivity index (χ1) is 8.83. The molecule has 0 aliphatic carbocycles. The van der Waals surface area contributed by atoms with Crippen LogP contribution >= 0.6 is 15.9 Å². The van der Waals surface area contributed by atoms with E-state index in [1.54, 1.807) is 6.07 Å². The summed E-state index contributed by atoms with van der Waals surface area (Å²) in [5, 5.41) is 3.08. The normalized spacial score (nSPS) is 13.4. The van der Waals surface area contributed by atoms with Crippen LogP contribution in [-0.2, 0) is 0 Å². The summed E-state index contributed by atoms with van der Waals surface area (Å²) in [4.78, 5) is 0. The third kappa shape index (κ3) is 5.82. The number of hydrogen-bond donors (Lipinski definition) is 1. The molecule has 1 aromatic rings. The lowest BCUT2D eigenvalue weighted by molar-refractivity contribution is -0.136. The average molecular weight is 340 g/mol. The van der Waals surface area contributed by atoms with Crippen molar-refractivity contribution in [2.24, 2.45) is 0 Å². The second kappa shape index (κ2) is 7.14. The molecule has 6 heteroatoms. The van der Waals surface area contributed by atoms with E-state index in [0.717, 1.165) is 10.0 Å². The third-order valence-electron chi connectivity index (χ3n) is 2.74. The van der Waals surface area contributed by atoms with Crippen molar-refractivity contribution in [3.05, 3.63) is 28.2 Å². The minimum Gasteiger partial charge on any atom is -0.493 e. The standard InChI is InChI=1S/C13H17BrF3NO/c1-9(18-2)11-5-4-10(14)8-12(11)19-7-3-6-13(15,16)17/h4-5,8-9,18H,3,6-7H2,1-2H3. The van der Waals surface area contributed by atoms with Gasteiger partial charge in [-0.3, -0.25) is 0 Å². The van der Waals surface area contributed by atoms with E-state index in [-0.39, 0.29) is 19.1 Å². The molecule has 2 nitrogen and oxygen atoms in total. The highest BCUT2D eigenvalue weighted by Gasteiger charge is 2.26. The van der Waals surface area contributed by atoms with Gasteiger partial charge in [0.1, 0.15) is 5.75 Å². The summed E-state index contributed by atoms with van der Waals surface area (Å²) in [6.45, 7) is 2.02. The number of alkyl halides is 3. The Morgan fingerprint density at radius 1 is 1.37 bits per heavy atom. The Labute approximate surface area is 119 Å². The van der Waals surface area contributed by atoms with Gasteiger partial charge < -0.3 is 10.1 Å². The molecule has 1 N–H and O–H groups in total. The van der Waals surface area contributed by atoms with Crippen LogP contribution in [0.15, 0.2) is 22.7 Å². The van der Waals surface area contributed by atoms with Crippen LogP contribution < -0.4 is 10.1 Å². The van der Waals surface area contributed by atoms with Gasteiger partial charge in [-0.1, -0.05) is 22.0 Å². The van der Waals surface area contributed by atoms with Crippen LogP contribution in [0.5, 0.6) is 5.75 Å². The van der Waals surface area contributed by atoms with E-state index in [1.807, 2.05) is 26.1 Å². The maximum absolute atomic E-state index is 12.0. The minimum absolute atomic E-state index is 0.0383. The van der Waals surface area contributed by atoms with Crippen molar-refractivity contribution in [3.8, 4) is 5.75 Å². The number of benzene rings is 1. The highest BCUT2D eigenvalue weighted by molar-refractivity contribution is 9.10. The van der Waals surface area contributed by atoms with Crippen LogP contribution in [-0.4, -0.2) is 19.8 Å². The molecule has 0 fully saturated rings. The van der Waals surface area contributed by atoms with Crippen LogP contribution in [0.25, 0.3) is 0 Å². The molecule has 0 saturated carbocycles. The Kier molecular flexibility index (Phi) is 6.13. The third-order valence-corrected chi connectivity index (χ3v) is 3.23. The van der Waals surface area contributed by atoms with Crippen molar-refractivity contribution in [1.29, 1.82) is 0 Å². The smallest absolute Gasteiger partial charge is 0.389 e. The summed E-state index contributed by atoms with van der Waals surface area (Å²) < 4.78 is 42.4. The Bertz CT molecular complexity index is 409. The van der Waals surface area contributed by atoms with E-state index in [9.17, 15) is 13.2 Å². The maximum atomic E-state index is 12.0. The molecule has 0 aliphatic rings. The van der Waals surface area contributed by atoms with Crippen molar-refractivity contribution in [1.82, 2.24) is 5.32 Å². The van der Waals surface area contributed by atoms with Gasteiger partial charge in [0.15, 0.2) is 0 Å². The molecule has 0 radical (unpaired) electrons. The zero-order valence-corrected chi connectivity index (χ0v) is 12.4. The molecule has 0 bridgehead atoms. The largest absolute Gasteiger partial charge is 0.493 e. The van der Waals surface area contributed by atoms with Crippen molar-refractivity contribution in [3.63, 3.8) is 0 Å². The summed E-state index contributed by atoms with van der Waals surface area (Å²) in [6, 6.07) is 5.62. The molecule has 0 amide bonds. The lowest BCUT2D eigenvalue weighted by Gasteiger charge is -2.17. The van der Waals surface area contributed by atoms with Gasteiger partial charge in [-0.05, 0) is 32.5 Å². The molecule has 0 spiro atoms. The lowest BCUT2D eigenvalue weighted by Crippen LogP contribution is -2.14. The molecular weight excluding hydrogens is 323 g/mol. The molecule has 1 unspecified atom stereocenters. The van der Waals surface area contributed by atoms with Gasteiger partial charge in [0.2, 0.25) is 0 Å². The first kappa shape index (κ1) is 16.3. The fourth-order valence-corrected chi connectivity index (χ4v) is 1.94. The van der Waals surface area contributed by atoms with E-state index < -0.39 is 12.6 Å². The van der Waals surface area contributed by atoms with E-state index in [1.165, 1.54) is 0 Å². The number of nitrogens with one attached hydrogen (secondary N) is 1. The minimum atomic E-state index is -4.12. The van der Waals surface area contributed by atoms with Gasteiger partial charge in [0.05, 0.1) is 6.61 Å². The second-order valence-electron chi connectivity index (χ2n) is 4.26. The SMILES string of the molecule is CNC(C)c1ccc(Br)cc1OCCCC(F)(F)F. The van der Waals surface area contributed by atoms with Crippen LogP contribution in [0.1, 0.15) is 31.4 Å². The zero-order valence-electron chi connectivity index (χ0n) is 10.9. The monoisotopic (exact) mass is 339 g/mol. The number of halogens is 4. The Hall–Kier alpha value is -0.750. The number of ether oxygens (including phenoxy) is 1. The van der Waals surface area contributed by atoms with E-state index in [4.69, 9.17) is 4.74 Å².